The summed E-state index contributed by atoms with van der Waals surface area (Å²) in [6.07, 6.45) is -0.107. The van der Waals surface area contributed by atoms with Gasteiger partial charge in [-0.2, -0.15) is 21.0 Å². The van der Waals surface area contributed by atoms with Gasteiger partial charge in [0.1, 0.15) is 11.6 Å². The van der Waals surface area contributed by atoms with E-state index < -0.39 is 54.6 Å². The average molecular weight is 1440 g/mol. The Balaban J connectivity index is 0. The van der Waals surface area contributed by atoms with E-state index in [0.717, 1.165) is 0 Å². The minimum Gasteiger partial charge on any atom is -0.356 e. The van der Waals surface area contributed by atoms with Crippen LogP contribution in [-0.2, 0) is 27.8 Å². The number of carbonyl (C=O) groups excluding carboxylic acids is 2. The maximum Gasteiger partial charge on any atom is 3.00 e. The van der Waals surface area contributed by atoms with Crippen molar-refractivity contribution in [2.24, 2.45) is 0 Å². The maximum absolute atomic E-state index is 15.3. The van der Waals surface area contributed by atoms with E-state index >= 15 is 18.3 Å². The molecule has 0 atom stereocenters. The van der Waals surface area contributed by atoms with Crippen molar-refractivity contribution < 1.29 is 83.9 Å². The molecular weight excluding hydrogens is 1370 g/mol. The molecule has 91 heavy (non-hydrogen) atoms. The molecule has 0 spiro atoms. The molecule has 8 rings (SSSR count). The van der Waals surface area contributed by atoms with Crippen molar-refractivity contribution in [2.45, 2.75) is 65.2 Å². The topological polar surface area (TPSA) is 396 Å². The van der Waals surface area contributed by atoms with Gasteiger partial charge in [0.05, 0.1) is 50.3 Å². The van der Waals surface area contributed by atoms with Crippen molar-refractivity contribution in [1.29, 1.82) is 21.0 Å². The Hall–Kier alpha value is -9.07. The molecule has 0 aliphatic carbocycles. The Morgan fingerprint density at radius 1 is 0.319 bits per heavy atom. The Bertz CT molecular complexity index is 3170. The first-order chi connectivity index (χ1) is 42.8. The van der Waals surface area contributed by atoms with Crippen LogP contribution in [0.5, 0.6) is 0 Å². The van der Waals surface area contributed by atoms with Gasteiger partial charge >= 0.3 is 40.8 Å². The van der Waals surface area contributed by atoms with Crippen LogP contribution in [0.1, 0.15) is 54.4 Å². The molecule has 1 radical (unpaired) electrons. The number of hydrogen-bond acceptors (Lipinski definition) is 19. The van der Waals surface area contributed by atoms with Gasteiger partial charge in [-0.1, -0.05) is 243 Å². The second-order valence-electron chi connectivity index (χ2n) is 17.7. The maximum atomic E-state index is 15.3. The molecule has 0 bridgehead atoms. The predicted molar refractivity (Wildman–Crippen MR) is 353 cm³/mol. The number of carbonyl (C=O) groups is 2. The van der Waals surface area contributed by atoms with Gasteiger partial charge in [0.2, 0.25) is 0 Å². The number of rotatable bonds is 16. The molecule has 0 heterocycles. The Morgan fingerprint density at radius 3 is 0.484 bits per heavy atom. The van der Waals surface area contributed by atoms with Crippen molar-refractivity contribution in [3.8, 4) is 24.3 Å². The fourth-order valence-electron chi connectivity index (χ4n) is 8.65. The standard InChI is InChI=1S/2C28H26O3P2.4C2H3N.3NO3.Nd/c2*1-23(29)22-28(32(30,24-14-6-2-7-15-24)25-16-8-3-9-17-25)33(31,26-18-10-4-11-19-26)27-20-12-5-13-21-27;4*1-2-3;3*2-1(3)4;/h2*2-21,28H,22H2,1H3;4*1H3;;;;/q;;;;;;3*-1;+3. The van der Waals surface area contributed by atoms with Gasteiger partial charge in [0.15, 0.2) is 28.6 Å². The number of Topliss-reactive ketones (excluding diaryl/α,β-unsaturated/α-hetero) is 2. The molecule has 22 nitrogen and oxygen atoms in total. The quantitative estimate of drug-likeness (QED) is 0.0492. The summed E-state index contributed by atoms with van der Waals surface area (Å²) in [5, 5.41) is 76.6. The summed E-state index contributed by atoms with van der Waals surface area (Å²) in [6, 6.07) is 80.5. The monoisotopic (exact) mass is 1440 g/mol. The molecular formula is C64H64N7NdO15P4. The van der Waals surface area contributed by atoms with Crippen LogP contribution in [0.4, 0.5) is 0 Å². The molecule has 8 aromatic rings. The molecule has 27 heteroatoms. The summed E-state index contributed by atoms with van der Waals surface area (Å²) in [5.41, 5.74) is 0. The fraction of sp³-hybridized carbons (Fsp3) is 0.156. The number of nitriles is 4. The van der Waals surface area contributed by atoms with Gasteiger partial charge in [0.25, 0.3) is 0 Å². The van der Waals surface area contributed by atoms with E-state index in [1.807, 2.05) is 243 Å². The van der Waals surface area contributed by atoms with Crippen LogP contribution in [0.3, 0.4) is 0 Å². The first kappa shape index (κ1) is 84.0. The van der Waals surface area contributed by atoms with E-state index in [4.69, 9.17) is 67.0 Å². The first-order valence-corrected chi connectivity index (χ1v) is 33.4. The molecule has 0 saturated carbocycles. The van der Waals surface area contributed by atoms with Crippen molar-refractivity contribution >= 4 is 82.6 Å². The van der Waals surface area contributed by atoms with Crippen LogP contribution in [0.2, 0.25) is 0 Å². The second kappa shape index (κ2) is 46.1. The van der Waals surface area contributed by atoms with E-state index in [1.165, 1.54) is 41.5 Å². The predicted octanol–water partition coefficient (Wildman–Crippen LogP) is 12.0. The summed E-state index contributed by atoms with van der Waals surface area (Å²) in [7, 11) is -14.1. The molecule has 8 aromatic carbocycles. The Morgan fingerprint density at radius 2 is 0.407 bits per heavy atom. The molecule has 0 N–H and O–H groups in total. The fourth-order valence-corrected chi connectivity index (χ4v) is 26.4. The summed E-state index contributed by atoms with van der Waals surface area (Å²) in [4.78, 5) is 50.0. The zero-order chi connectivity index (χ0) is 68.2. The third-order valence-electron chi connectivity index (χ3n) is 11.7. The van der Waals surface area contributed by atoms with Crippen LogP contribution in [0.25, 0.3) is 0 Å². The first-order valence-electron chi connectivity index (χ1n) is 26.3. The second-order valence-corrected chi connectivity index (χ2v) is 30.4. The van der Waals surface area contributed by atoms with Crippen LogP contribution in [0.15, 0.2) is 243 Å². The number of hydrogen-bond donors (Lipinski definition) is 0. The molecule has 0 aliphatic heterocycles. The minimum atomic E-state index is -3.52. The third-order valence-corrected chi connectivity index (χ3v) is 28.3. The summed E-state index contributed by atoms with van der Waals surface area (Å²) >= 11 is 0. The Labute approximate surface area is 561 Å². The largest absolute Gasteiger partial charge is 3.00 e. The van der Waals surface area contributed by atoms with E-state index in [2.05, 4.69) is 0 Å². The molecule has 0 saturated heterocycles. The number of benzene rings is 8. The van der Waals surface area contributed by atoms with Gasteiger partial charge in [-0.15, -0.1) is 0 Å². The van der Waals surface area contributed by atoms with Gasteiger partial charge in [-0.25, -0.2) is 0 Å². The summed E-state index contributed by atoms with van der Waals surface area (Å²) in [5.74, 6) is -0.279. The van der Waals surface area contributed by atoms with Gasteiger partial charge < -0.3 is 64.2 Å². The molecule has 0 aromatic heterocycles. The van der Waals surface area contributed by atoms with Crippen LogP contribution >= 0.6 is 28.6 Å². The van der Waals surface area contributed by atoms with Gasteiger partial charge in [-0.3, -0.25) is 9.59 Å². The third kappa shape index (κ3) is 27.7. The van der Waals surface area contributed by atoms with Crippen molar-refractivity contribution in [2.75, 3.05) is 0 Å². The van der Waals surface area contributed by atoms with Crippen LogP contribution < -0.4 is 42.4 Å². The smallest absolute Gasteiger partial charge is 0.356 e. The van der Waals surface area contributed by atoms with Gasteiger partial charge in [-0.05, 0) is 13.8 Å². The molecule has 0 amide bonds. The zero-order valence-electron chi connectivity index (χ0n) is 50.2. The Kier molecular flexibility index (Phi) is 42.5. The van der Waals surface area contributed by atoms with Crippen molar-refractivity contribution in [1.82, 2.24) is 0 Å². The minimum absolute atomic E-state index is 0. The molecule has 469 valence electrons. The SMILES string of the molecule is CC#N.CC#N.CC#N.CC#N.CC(=O)CC(P(=O)(c1ccccc1)c1ccccc1)P(=O)(c1ccccc1)c1ccccc1.CC(=O)CC(P(=O)(c1ccccc1)c1ccccc1)P(=O)(c1ccccc1)c1ccccc1.O=[N+]([O-])[O-].O=[N+]([O-])[O-].O=[N+]([O-])[O-].[Nd+3]. The van der Waals surface area contributed by atoms with E-state index in [0.29, 0.717) is 42.4 Å². The van der Waals surface area contributed by atoms with Gasteiger partial charge in [0, 0.05) is 83.0 Å². The molecule has 0 aliphatic rings. The molecule has 0 fully saturated rings. The van der Waals surface area contributed by atoms with Crippen LogP contribution in [0, 0.1) is 132 Å². The van der Waals surface area contributed by atoms with Crippen LogP contribution in [-0.4, -0.2) is 37.6 Å². The average Bonchev–Trinajstić information content (AvgIpc) is 0.741. The normalized spacial score (nSPS) is 9.80. The van der Waals surface area contributed by atoms with Crippen molar-refractivity contribution in [3.05, 3.63) is 289 Å². The van der Waals surface area contributed by atoms with Crippen molar-refractivity contribution in [3.63, 3.8) is 0 Å². The molecule has 0 unspecified atom stereocenters. The number of nitrogens with zero attached hydrogens (tertiary/aromatic N) is 7. The number of ketones is 2. The summed E-state index contributed by atoms with van der Waals surface area (Å²) < 4.78 is 61.3. The zero-order valence-corrected chi connectivity index (χ0v) is 57.0. The van der Waals surface area contributed by atoms with E-state index in [1.54, 1.807) is 24.3 Å². The summed E-state index contributed by atoms with van der Waals surface area (Å²) in [6.45, 7) is 8.68. The van der Waals surface area contributed by atoms with E-state index in [-0.39, 0.29) is 65.2 Å². The van der Waals surface area contributed by atoms with E-state index in [9.17, 15) is 9.59 Å².